The Labute approximate surface area is 227 Å². The number of rotatable bonds is 5. The molecule has 194 valence electrons. The van der Waals surface area contributed by atoms with Crippen LogP contribution < -0.4 is 11.3 Å². The summed E-state index contributed by atoms with van der Waals surface area (Å²) >= 11 is 2.91. The predicted molar refractivity (Wildman–Crippen MR) is 154 cm³/mol. The molecule has 9 nitrogen and oxygen atoms in total. The highest BCUT2D eigenvalue weighted by Gasteiger charge is 2.19. The van der Waals surface area contributed by atoms with Crippen molar-refractivity contribution < 1.29 is 5.11 Å². The van der Waals surface area contributed by atoms with Gasteiger partial charge in [-0.05, 0) is 62.6 Å². The van der Waals surface area contributed by atoms with Gasteiger partial charge in [-0.2, -0.15) is 5.26 Å². The first kappa shape index (κ1) is 26.9. The molecule has 3 heterocycles. The molecule has 38 heavy (non-hydrogen) atoms. The first-order chi connectivity index (χ1) is 18.2. The number of aryl methyl sites for hydroxylation is 2. The molecule has 0 fully saturated rings. The largest absolute Gasteiger partial charge is 0.493 e. The maximum absolute atomic E-state index is 12.7. The molecule has 0 aliphatic carbocycles. The van der Waals surface area contributed by atoms with E-state index in [1.165, 1.54) is 37.5 Å². The van der Waals surface area contributed by atoms with E-state index in [1.54, 1.807) is 6.92 Å². The molecule has 3 aromatic heterocycles. The Morgan fingerprint density at radius 2 is 1.66 bits per heavy atom. The summed E-state index contributed by atoms with van der Waals surface area (Å²) in [5.41, 5.74) is 9.69. The molecule has 0 amide bonds. The predicted octanol–water partition coefficient (Wildman–Crippen LogP) is 7.05. The van der Waals surface area contributed by atoms with Crippen LogP contribution >= 0.6 is 22.7 Å². The Kier molecular flexibility index (Phi) is 8.14. The second-order valence-corrected chi connectivity index (χ2v) is 10.9. The van der Waals surface area contributed by atoms with Gasteiger partial charge < -0.3 is 10.8 Å². The lowest BCUT2D eigenvalue weighted by atomic mass is 10.1. The van der Waals surface area contributed by atoms with E-state index in [0.29, 0.717) is 28.8 Å². The molecule has 2 aromatic carbocycles. The van der Waals surface area contributed by atoms with Crippen molar-refractivity contribution in [2.45, 2.75) is 47.1 Å². The van der Waals surface area contributed by atoms with Crippen LogP contribution in [0.25, 0.3) is 20.4 Å². The zero-order chi connectivity index (χ0) is 27.4. The molecule has 5 rings (SSSR count). The Morgan fingerprint density at radius 3 is 2.29 bits per heavy atom. The van der Waals surface area contributed by atoms with Gasteiger partial charge in [-0.25, -0.2) is 9.97 Å². The van der Waals surface area contributed by atoms with Crippen LogP contribution in [0.2, 0.25) is 0 Å². The maximum atomic E-state index is 12.7. The zero-order valence-electron chi connectivity index (χ0n) is 21.5. The number of nitrogens with zero attached hydrogens (tertiary/aromatic N) is 6. The van der Waals surface area contributed by atoms with E-state index in [4.69, 9.17) is 5.73 Å². The van der Waals surface area contributed by atoms with E-state index in [-0.39, 0.29) is 17.1 Å². The summed E-state index contributed by atoms with van der Waals surface area (Å²) < 4.78 is 3.34. The van der Waals surface area contributed by atoms with Gasteiger partial charge in [-0.1, -0.05) is 48.2 Å². The van der Waals surface area contributed by atoms with Crippen LogP contribution in [0.4, 0.5) is 16.0 Å². The minimum Gasteiger partial charge on any atom is -0.493 e. The molecule has 11 heteroatoms. The molecule has 5 aromatic rings. The highest BCUT2D eigenvalue weighted by Crippen LogP contribution is 2.31. The van der Waals surface area contributed by atoms with Gasteiger partial charge in [-0.3, -0.25) is 9.36 Å². The quantitative estimate of drug-likeness (QED) is 0.226. The highest BCUT2D eigenvalue weighted by molar-refractivity contribution is 7.22. The molecule has 3 N–H and O–H groups in total. The van der Waals surface area contributed by atoms with Gasteiger partial charge in [-0.15, -0.1) is 10.2 Å². The number of nitrogen functional groups attached to an aromatic ring is 1. The van der Waals surface area contributed by atoms with E-state index < -0.39 is 5.56 Å². The molecule has 0 aliphatic heterocycles. The van der Waals surface area contributed by atoms with Gasteiger partial charge in [0.15, 0.2) is 10.8 Å². The molecule has 0 spiro atoms. The van der Waals surface area contributed by atoms with Crippen LogP contribution in [0.15, 0.2) is 51.4 Å². The van der Waals surface area contributed by atoms with Gasteiger partial charge >= 0.3 is 0 Å². The Morgan fingerprint density at radius 1 is 1.03 bits per heavy atom. The van der Waals surface area contributed by atoms with Crippen molar-refractivity contribution >= 4 is 59.1 Å². The van der Waals surface area contributed by atoms with E-state index in [2.05, 4.69) is 33.2 Å². The average Bonchev–Trinajstić information content (AvgIpc) is 3.45. The number of unbranched alkanes of at least 4 members (excludes halogenated alkanes) is 1. The van der Waals surface area contributed by atoms with Crippen LogP contribution in [-0.4, -0.2) is 19.6 Å². The second kappa shape index (κ2) is 11.5. The Bertz CT molecular complexity index is 1760. The molecule has 0 bridgehead atoms. The number of aromatic hydroxyl groups is 1. The summed E-state index contributed by atoms with van der Waals surface area (Å²) in [5.74, 6) is -0.317. The first-order valence-electron chi connectivity index (χ1n) is 12.0. The number of pyridine rings is 1. The number of nitrogens with two attached hydrogens (primary N) is 1. The topological polar surface area (TPSA) is 143 Å². The standard InChI is InChI=1S/C19H19N5O2S.C8H8N2S/c1-4-5-8-24-17(25)13(10-20)12(3)16(18(24)26)22-23-19-21-14-7-6-11(2)9-15(14)27-19;1-5-2-3-6-7(4-5)11-8(9)10-6/h6-7,9,25H,4-5,8H2,1-3H3;2-4H,1H3,(H2,9,10). The van der Waals surface area contributed by atoms with Crippen LogP contribution in [0.5, 0.6) is 5.88 Å². The van der Waals surface area contributed by atoms with Crippen molar-refractivity contribution in [1.82, 2.24) is 14.5 Å². The van der Waals surface area contributed by atoms with E-state index in [9.17, 15) is 15.2 Å². The second-order valence-electron chi connectivity index (χ2n) is 8.79. The molecular formula is C27H27N7O2S2. The molecule has 0 atom stereocenters. The maximum Gasteiger partial charge on any atom is 0.281 e. The van der Waals surface area contributed by atoms with Crippen molar-refractivity contribution in [3.8, 4) is 11.9 Å². The minimum absolute atomic E-state index is 0.0413. The molecule has 0 saturated heterocycles. The zero-order valence-corrected chi connectivity index (χ0v) is 23.2. The summed E-state index contributed by atoms with van der Waals surface area (Å²) in [4.78, 5) is 21.3. The fraction of sp³-hybridized carbons (Fsp3) is 0.259. The normalized spacial score (nSPS) is 11.1. The smallest absolute Gasteiger partial charge is 0.281 e. The summed E-state index contributed by atoms with van der Waals surface area (Å²) in [5, 5.41) is 28.9. The van der Waals surface area contributed by atoms with Gasteiger partial charge in [0.25, 0.3) is 5.56 Å². The number of benzene rings is 2. The van der Waals surface area contributed by atoms with Crippen LogP contribution in [-0.2, 0) is 6.54 Å². The SMILES string of the molecule is CCCCn1c(O)c(C#N)c(C)c(N=Nc2nc3ccc(C)cc3s2)c1=O.Cc1ccc2nc(N)sc2c1. The lowest BCUT2D eigenvalue weighted by Crippen LogP contribution is -2.22. The number of nitriles is 1. The number of hydrogen-bond acceptors (Lipinski definition) is 10. The van der Waals surface area contributed by atoms with E-state index in [0.717, 1.165) is 27.7 Å². The summed E-state index contributed by atoms with van der Waals surface area (Å²) in [6.07, 6.45) is 1.55. The summed E-state index contributed by atoms with van der Waals surface area (Å²) in [6.45, 7) is 7.95. The molecule has 0 radical (unpaired) electrons. The van der Waals surface area contributed by atoms with Crippen LogP contribution in [0, 0.1) is 32.1 Å². The van der Waals surface area contributed by atoms with Crippen molar-refractivity contribution in [2.24, 2.45) is 10.2 Å². The van der Waals surface area contributed by atoms with Gasteiger partial charge in [0.05, 0.1) is 20.4 Å². The average molecular weight is 546 g/mol. The number of azo groups is 1. The van der Waals surface area contributed by atoms with Crippen LogP contribution in [0.3, 0.4) is 0 Å². The third-order valence-electron chi connectivity index (χ3n) is 5.83. The molecule has 0 aliphatic rings. The van der Waals surface area contributed by atoms with Gasteiger partial charge in [0.1, 0.15) is 11.6 Å². The lowest BCUT2D eigenvalue weighted by molar-refractivity contribution is 0.399. The number of anilines is 1. The van der Waals surface area contributed by atoms with Gasteiger partial charge in [0.2, 0.25) is 11.0 Å². The van der Waals surface area contributed by atoms with Crippen molar-refractivity contribution in [3.63, 3.8) is 0 Å². The number of fused-ring (bicyclic) bond motifs is 2. The number of hydrogen-bond donors (Lipinski definition) is 2. The van der Waals surface area contributed by atoms with Crippen LogP contribution in [0.1, 0.15) is 42.0 Å². The van der Waals surface area contributed by atoms with Crippen molar-refractivity contribution in [2.75, 3.05) is 5.73 Å². The van der Waals surface area contributed by atoms with E-state index >= 15 is 0 Å². The fourth-order valence-corrected chi connectivity index (χ4v) is 5.50. The minimum atomic E-state index is -0.460. The highest BCUT2D eigenvalue weighted by atomic mass is 32.1. The monoisotopic (exact) mass is 545 g/mol. The summed E-state index contributed by atoms with van der Waals surface area (Å²) in [6, 6.07) is 14.0. The number of aromatic nitrogens is 3. The third kappa shape index (κ3) is 5.72. The van der Waals surface area contributed by atoms with Gasteiger partial charge in [0, 0.05) is 12.1 Å². The summed E-state index contributed by atoms with van der Waals surface area (Å²) in [7, 11) is 0. The Balaban J connectivity index is 0.000000253. The third-order valence-corrected chi connectivity index (χ3v) is 7.58. The first-order valence-corrected chi connectivity index (χ1v) is 13.6. The van der Waals surface area contributed by atoms with Crippen molar-refractivity contribution in [3.05, 3.63) is 69.0 Å². The molecule has 0 saturated carbocycles. The Hall–Kier alpha value is -4.14. The lowest BCUT2D eigenvalue weighted by Gasteiger charge is -2.12. The van der Waals surface area contributed by atoms with Crippen molar-refractivity contribution in [1.29, 1.82) is 5.26 Å². The van der Waals surface area contributed by atoms with E-state index in [1.807, 2.05) is 50.2 Å². The fourth-order valence-electron chi connectivity index (χ4n) is 3.79. The molecular weight excluding hydrogens is 518 g/mol. The molecule has 0 unspecified atom stereocenters. The number of thiazole rings is 2.